The minimum absolute atomic E-state index is 0.0960. The third-order valence-corrected chi connectivity index (χ3v) is 9.92. The SMILES string of the molecule is C=CC1=C(C(=O)OCC(NC(=O)OC(C)(C)C)C(=O)OC(c2ccccc2)c2ccccc2)N2C(=O)C(NC(=O)/C(=N\OC)c3csc(NC=O)n3)[C@H]2SC1. The normalized spacial score (nSPS) is 17.2. The predicted octanol–water partition coefficient (Wildman–Crippen LogP) is 3.67. The Kier molecular flexibility index (Phi) is 13.1. The molecule has 1 saturated heterocycles. The highest BCUT2D eigenvalue weighted by Crippen LogP contribution is 2.41. The van der Waals surface area contributed by atoms with Crippen molar-refractivity contribution in [1.29, 1.82) is 0 Å². The number of amides is 4. The molecule has 3 N–H and O–H groups in total. The third kappa shape index (κ3) is 9.76. The molecule has 16 nitrogen and oxygen atoms in total. The van der Waals surface area contributed by atoms with Crippen LogP contribution in [0.25, 0.3) is 0 Å². The van der Waals surface area contributed by atoms with Crippen LogP contribution < -0.4 is 16.0 Å². The van der Waals surface area contributed by atoms with Gasteiger partial charge in [0.05, 0.1) is 0 Å². The molecule has 55 heavy (non-hydrogen) atoms. The lowest BCUT2D eigenvalue weighted by Crippen LogP contribution is -2.71. The summed E-state index contributed by atoms with van der Waals surface area (Å²) in [4.78, 5) is 88.3. The van der Waals surface area contributed by atoms with Crippen molar-refractivity contribution >= 4 is 70.2 Å². The summed E-state index contributed by atoms with van der Waals surface area (Å²) >= 11 is 2.32. The lowest BCUT2D eigenvalue weighted by atomic mass is 10.0. The topological polar surface area (TPSA) is 204 Å². The highest BCUT2D eigenvalue weighted by atomic mass is 32.2. The Balaban J connectivity index is 1.33. The van der Waals surface area contributed by atoms with Crippen molar-refractivity contribution in [1.82, 2.24) is 20.5 Å². The molecule has 288 valence electrons. The van der Waals surface area contributed by atoms with E-state index in [1.54, 1.807) is 69.3 Å². The van der Waals surface area contributed by atoms with Gasteiger partial charge >= 0.3 is 18.0 Å². The Bertz CT molecular complexity index is 1960. The summed E-state index contributed by atoms with van der Waals surface area (Å²) in [7, 11) is 1.23. The smallest absolute Gasteiger partial charge is 0.408 e. The first-order chi connectivity index (χ1) is 26.3. The fourth-order valence-corrected chi connectivity index (χ4v) is 7.42. The standard InChI is InChI=1S/C37H38N6O10S2/c1-6-21-18-54-32-27(41-30(45)26(42-50-5)25-19-55-35(39-25)38-20-44)31(46)43(32)28(21)34(48)51-17-24(40-36(49)53-37(2,3)4)33(47)52-29(22-13-9-7-10-14-22)23-15-11-8-12-16-23/h6-16,19-20,24,27,29,32H,1,17-18H2,2-5H3,(H,40,49)(H,41,45)(H,38,39,44)/b42-26-/t24?,27?,32-/m1/s1. The molecule has 18 heteroatoms. The molecule has 2 aromatic carbocycles. The van der Waals surface area contributed by atoms with Crippen LogP contribution in [0.1, 0.15) is 43.7 Å². The van der Waals surface area contributed by atoms with Gasteiger partial charge in [-0.1, -0.05) is 78.5 Å². The molecule has 0 radical (unpaired) electrons. The van der Waals surface area contributed by atoms with Crippen LogP contribution in [0.15, 0.2) is 95.1 Å². The summed E-state index contributed by atoms with van der Waals surface area (Å²) in [5, 5.41) is 12.2. The Morgan fingerprint density at radius 2 is 1.73 bits per heavy atom. The maximum Gasteiger partial charge on any atom is 0.408 e. The number of fused-ring (bicyclic) bond motifs is 1. The predicted molar refractivity (Wildman–Crippen MR) is 203 cm³/mol. The molecule has 0 aliphatic carbocycles. The lowest BCUT2D eigenvalue weighted by Gasteiger charge is -2.49. The number of alkyl carbamates (subject to hydrolysis) is 1. The average molecular weight is 791 g/mol. The van der Waals surface area contributed by atoms with Crippen molar-refractivity contribution in [3.63, 3.8) is 0 Å². The van der Waals surface area contributed by atoms with Crippen LogP contribution in [0.3, 0.4) is 0 Å². The molecular weight excluding hydrogens is 753 g/mol. The van der Waals surface area contributed by atoms with Gasteiger partial charge in [-0.25, -0.2) is 19.4 Å². The second-order valence-electron chi connectivity index (χ2n) is 12.8. The molecule has 2 aliphatic heterocycles. The second-order valence-corrected chi connectivity index (χ2v) is 14.8. The first-order valence-electron chi connectivity index (χ1n) is 16.7. The van der Waals surface area contributed by atoms with Crippen molar-refractivity contribution in [3.05, 3.63) is 107 Å². The number of thioether (sulfide) groups is 1. The Labute approximate surface area is 324 Å². The number of oxime groups is 1. The maximum absolute atomic E-state index is 13.8. The van der Waals surface area contributed by atoms with Crippen molar-refractivity contribution in [2.24, 2.45) is 5.16 Å². The molecule has 3 heterocycles. The molecule has 0 bridgehead atoms. The number of esters is 2. The number of ether oxygens (including phenoxy) is 3. The number of thiazole rings is 1. The van der Waals surface area contributed by atoms with Gasteiger partial charge in [0.25, 0.3) is 11.8 Å². The van der Waals surface area contributed by atoms with Gasteiger partial charge in [-0.3, -0.25) is 19.3 Å². The number of hydrogen-bond donors (Lipinski definition) is 3. The number of carbonyl (C=O) groups excluding carboxylic acids is 6. The van der Waals surface area contributed by atoms with Crippen LogP contribution in [0.2, 0.25) is 0 Å². The first kappa shape index (κ1) is 40.2. The molecule has 5 rings (SSSR count). The molecule has 4 amide bonds. The van der Waals surface area contributed by atoms with Crippen LogP contribution in [-0.4, -0.2) is 94.4 Å². The molecule has 0 spiro atoms. The Morgan fingerprint density at radius 1 is 1.07 bits per heavy atom. The molecule has 1 aromatic heterocycles. The van der Waals surface area contributed by atoms with E-state index in [4.69, 9.17) is 19.0 Å². The fourth-order valence-electron chi connectivity index (χ4n) is 5.42. The summed E-state index contributed by atoms with van der Waals surface area (Å²) in [6, 6.07) is 15.4. The zero-order valence-electron chi connectivity index (χ0n) is 30.2. The fraction of sp³-hybridized carbons (Fsp3) is 0.297. The number of carbonyl (C=O) groups is 6. The number of β-lactam (4-membered cyclic amide) rings is 1. The van der Waals surface area contributed by atoms with Gasteiger partial charge in [-0.05, 0) is 37.5 Å². The number of anilines is 1. The molecular formula is C37H38N6O10S2. The monoisotopic (exact) mass is 790 g/mol. The van der Waals surface area contributed by atoms with Crippen molar-refractivity contribution in [3.8, 4) is 0 Å². The summed E-state index contributed by atoms with van der Waals surface area (Å²) in [5.41, 5.74) is 0.484. The van der Waals surface area contributed by atoms with E-state index in [0.29, 0.717) is 23.1 Å². The van der Waals surface area contributed by atoms with E-state index in [1.807, 2.05) is 12.1 Å². The molecule has 2 aliphatic rings. The number of nitrogens with zero attached hydrogens (tertiary/aromatic N) is 3. The molecule has 0 saturated carbocycles. The van der Waals surface area contributed by atoms with Crippen LogP contribution in [-0.2, 0) is 43.0 Å². The second kappa shape index (κ2) is 17.9. The van der Waals surface area contributed by atoms with Gasteiger partial charge in [-0.15, -0.1) is 23.1 Å². The largest absolute Gasteiger partial charge is 0.458 e. The average Bonchev–Trinajstić information content (AvgIpc) is 3.63. The van der Waals surface area contributed by atoms with Crippen molar-refractivity contribution in [2.75, 3.05) is 24.8 Å². The minimum atomic E-state index is -1.53. The van der Waals surface area contributed by atoms with Gasteiger partial charge < -0.3 is 35.0 Å². The van der Waals surface area contributed by atoms with Crippen molar-refractivity contribution < 1.29 is 47.8 Å². The highest BCUT2D eigenvalue weighted by Gasteiger charge is 2.54. The van der Waals surface area contributed by atoms with Crippen molar-refractivity contribution in [2.45, 2.75) is 49.9 Å². The minimum Gasteiger partial charge on any atom is -0.458 e. The molecule has 1 fully saturated rings. The van der Waals surface area contributed by atoms with Gasteiger partial charge in [0.2, 0.25) is 6.41 Å². The van der Waals surface area contributed by atoms with E-state index in [9.17, 15) is 28.8 Å². The van der Waals surface area contributed by atoms with Crippen LogP contribution >= 0.6 is 23.1 Å². The number of aromatic nitrogens is 1. The molecule has 2 unspecified atom stereocenters. The lowest BCUT2D eigenvalue weighted by molar-refractivity contribution is -0.157. The number of hydrogen-bond acceptors (Lipinski definition) is 14. The van der Waals surface area contributed by atoms with E-state index >= 15 is 0 Å². The van der Waals surface area contributed by atoms with E-state index in [2.05, 4.69) is 32.7 Å². The Hall–Kier alpha value is -6.01. The number of rotatable bonds is 15. The maximum atomic E-state index is 13.8. The molecule has 3 atom stereocenters. The Morgan fingerprint density at radius 3 is 2.31 bits per heavy atom. The van der Waals surface area contributed by atoms with Gasteiger partial charge in [0, 0.05) is 11.1 Å². The first-order valence-corrected chi connectivity index (χ1v) is 18.6. The van der Waals surface area contributed by atoms with E-state index in [1.165, 1.54) is 35.2 Å². The number of allylic oxidation sites excluding steroid dienone is 1. The number of benzene rings is 2. The summed E-state index contributed by atoms with van der Waals surface area (Å²) in [6.45, 7) is 8.03. The van der Waals surface area contributed by atoms with Crippen LogP contribution in [0, 0.1) is 0 Å². The quantitative estimate of drug-likeness (QED) is 0.0504. The van der Waals surface area contributed by atoms with E-state index in [-0.39, 0.29) is 28.0 Å². The third-order valence-electron chi connectivity index (χ3n) is 7.85. The summed E-state index contributed by atoms with van der Waals surface area (Å²) < 4.78 is 16.9. The van der Waals surface area contributed by atoms with E-state index < -0.39 is 65.6 Å². The highest BCUT2D eigenvalue weighted by molar-refractivity contribution is 8.00. The van der Waals surface area contributed by atoms with Gasteiger partial charge in [0.1, 0.15) is 42.1 Å². The zero-order chi connectivity index (χ0) is 39.7. The van der Waals surface area contributed by atoms with Gasteiger partial charge in [0.15, 0.2) is 23.0 Å². The summed E-state index contributed by atoms with van der Waals surface area (Å²) in [5.74, 6) is -3.10. The van der Waals surface area contributed by atoms with Crippen LogP contribution in [0.4, 0.5) is 9.93 Å². The van der Waals surface area contributed by atoms with Crippen LogP contribution in [0.5, 0.6) is 0 Å². The zero-order valence-corrected chi connectivity index (χ0v) is 31.8. The van der Waals surface area contributed by atoms with E-state index in [0.717, 1.165) is 11.3 Å². The molecule has 3 aromatic rings. The van der Waals surface area contributed by atoms with Gasteiger partial charge in [-0.2, -0.15) is 0 Å². The summed E-state index contributed by atoms with van der Waals surface area (Å²) in [6.07, 6.45) is 0.0149. The number of nitrogens with one attached hydrogen (secondary N) is 3.